The summed E-state index contributed by atoms with van der Waals surface area (Å²) >= 11 is 0. The molecule has 0 aliphatic rings. The van der Waals surface area contributed by atoms with Gasteiger partial charge in [0.2, 0.25) is 0 Å². The third kappa shape index (κ3) is 1.89. The van der Waals surface area contributed by atoms with Gasteiger partial charge in [-0.05, 0) is 11.6 Å². The second kappa shape index (κ2) is 3.32. The fraction of sp³-hybridized carbons (Fsp3) is 0.286. The van der Waals surface area contributed by atoms with Gasteiger partial charge >= 0.3 is 0 Å². The Morgan fingerprint density at radius 1 is 1.45 bits per heavy atom. The number of nitrogens with zero attached hydrogens (tertiary/aromatic N) is 1. The molecule has 1 aromatic rings. The molecule has 1 aromatic heterocycles. The van der Waals surface area contributed by atoms with Crippen LogP contribution in [-0.2, 0) is 0 Å². The van der Waals surface area contributed by atoms with Crippen LogP contribution in [0.3, 0.4) is 0 Å². The van der Waals surface area contributed by atoms with E-state index in [1.165, 1.54) is 0 Å². The van der Waals surface area contributed by atoms with Crippen LogP contribution in [0.1, 0.15) is 11.6 Å². The van der Waals surface area contributed by atoms with Gasteiger partial charge in [-0.1, -0.05) is 0 Å². The van der Waals surface area contributed by atoms with Crippen molar-refractivity contribution in [2.45, 2.75) is 6.04 Å². The molecule has 11 heavy (non-hydrogen) atoms. The summed E-state index contributed by atoms with van der Waals surface area (Å²) in [5, 5.41) is 0. The molecule has 0 amide bonds. The Bertz CT molecular complexity index is 236. The van der Waals surface area contributed by atoms with Crippen molar-refractivity contribution in [1.82, 2.24) is 4.98 Å². The van der Waals surface area contributed by atoms with E-state index >= 15 is 0 Å². The van der Waals surface area contributed by atoms with Gasteiger partial charge in [0.05, 0.1) is 5.69 Å². The molecular weight excluding hydrogens is 140 g/mol. The van der Waals surface area contributed by atoms with Gasteiger partial charge in [0.15, 0.2) is 0 Å². The molecule has 0 saturated heterocycles. The van der Waals surface area contributed by atoms with E-state index in [-0.39, 0.29) is 6.04 Å². The van der Waals surface area contributed by atoms with Crippen LogP contribution < -0.4 is 17.2 Å². The first-order valence-corrected chi connectivity index (χ1v) is 3.40. The van der Waals surface area contributed by atoms with E-state index in [1.54, 1.807) is 18.5 Å². The highest BCUT2D eigenvalue weighted by atomic mass is 14.7. The van der Waals surface area contributed by atoms with Crippen LogP contribution in [0.2, 0.25) is 0 Å². The van der Waals surface area contributed by atoms with Crippen LogP contribution in [0.4, 0.5) is 5.69 Å². The topological polar surface area (TPSA) is 91.0 Å². The first-order chi connectivity index (χ1) is 5.24. The molecule has 1 rings (SSSR count). The first kappa shape index (κ1) is 7.97. The standard InChI is InChI=1S/C7H12N4/c8-2-7(10)5-1-6(9)4-11-3-5/h1,3-4,7H,2,8-10H2/t7-/m1/s1. The molecule has 0 aliphatic carbocycles. The molecule has 4 nitrogen and oxygen atoms in total. The average Bonchev–Trinajstić information content (AvgIpc) is 2.03. The number of nitrogens with two attached hydrogens (primary N) is 3. The number of aromatic nitrogens is 1. The number of pyridine rings is 1. The number of nitrogen functional groups attached to an aromatic ring is 1. The van der Waals surface area contributed by atoms with E-state index in [0.717, 1.165) is 5.56 Å². The van der Waals surface area contributed by atoms with E-state index in [1.807, 2.05) is 0 Å². The summed E-state index contributed by atoms with van der Waals surface area (Å²) in [5.41, 5.74) is 18.0. The molecule has 6 N–H and O–H groups in total. The summed E-state index contributed by atoms with van der Waals surface area (Å²) in [6.07, 6.45) is 3.25. The van der Waals surface area contributed by atoms with Crippen molar-refractivity contribution in [3.63, 3.8) is 0 Å². The van der Waals surface area contributed by atoms with Crippen molar-refractivity contribution < 1.29 is 0 Å². The highest BCUT2D eigenvalue weighted by Crippen LogP contribution is 2.09. The number of hydrogen-bond acceptors (Lipinski definition) is 4. The quantitative estimate of drug-likeness (QED) is 0.539. The van der Waals surface area contributed by atoms with E-state index in [9.17, 15) is 0 Å². The molecule has 0 unspecified atom stereocenters. The van der Waals surface area contributed by atoms with Gasteiger partial charge in [-0.25, -0.2) is 0 Å². The van der Waals surface area contributed by atoms with Gasteiger partial charge < -0.3 is 17.2 Å². The van der Waals surface area contributed by atoms with E-state index < -0.39 is 0 Å². The maximum absolute atomic E-state index is 5.64. The molecule has 0 radical (unpaired) electrons. The van der Waals surface area contributed by atoms with Gasteiger partial charge in [-0.15, -0.1) is 0 Å². The van der Waals surface area contributed by atoms with Crippen molar-refractivity contribution >= 4 is 5.69 Å². The van der Waals surface area contributed by atoms with E-state index in [4.69, 9.17) is 17.2 Å². The van der Waals surface area contributed by atoms with Gasteiger partial charge in [0.1, 0.15) is 0 Å². The third-order valence-electron chi connectivity index (χ3n) is 1.46. The zero-order valence-corrected chi connectivity index (χ0v) is 6.20. The van der Waals surface area contributed by atoms with Crippen molar-refractivity contribution in [2.24, 2.45) is 11.5 Å². The summed E-state index contributed by atoms with van der Waals surface area (Å²) in [7, 11) is 0. The lowest BCUT2D eigenvalue weighted by atomic mass is 10.1. The van der Waals surface area contributed by atoms with Crippen LogP contribution in [-0.4, -0.2) is 11.5 Å². The fourth-order valence-electron chi connectivity index (χ4n) is 0.815. The Morgan fingerprint density at radius 2 is 2.18 bits per heavy atom. The molecule has 0 aliphatic heterocycles. The second-order valence-electron chi connectivity index (χ2n) is 2.39. The molecule has 1 heterocycles. The maximum Gasteiger partial charge on any atom is 0.0503 e. The van der Waals surface area contributed by atoms with E-state index in [2.05, 4.69) is 4.98 Å². The van der Waals surface area contributed by atoms with Crippen LogP contribution in [0.25, 0.3) is 0 Å². The summed E-state index contributed by atoms with van der Waals surface area (Å²) in [6, 6.07) is 1.62. The maximum atomic E-state index is 5.64. The van der Waals surface area contributed by atoms with Gasteiger partial charge in [-0.2, -0.15) is 0 Å². The molecule has 0 bridgehead atoms. The van der Waals surface area contributed by atoms with Crippen molar-refractivity contribution in [2.75, 3.05) is 12.3 Å². The van der Waals surface area contributed by atoms with Crippen molar-refractivity contribution in [1.29, 1.82) is 0 Å². The average molecular weight is 152 g/mol. The molecule has 0 fully saturated rings. The number of anilines is 1. The Morgan fingerprint density at radius 3 is 2.73 bits per heavy atom. The minimum absolute atomic E-state index is 0.161. The molecule has 0 spiro atoms. The smallest absolute Gasteiger partial charge is 0.0503 e. The van der Waals surface area contributed by atoms with Crippen molar-refractivity contribution in [3.05, 3.63) is 24.0 Å². The van der Waals surface area contributed by atoms with Gasteiger partial charge in [0.25, 0.3) is 0 Å². The summed E-state index contributed by atoms with van der Waals surface area (Å²) < 4.78 is 0. The minimum atomic E-state index is -0.161. The predicted octanol–water partition coefficient (Wildman–Crippen LogP) is -0.378. The van der Waals surface area contributed by atoms with Crippen LogP contribution in [0.15, 0.2) is 18.5 Å². The minimum Gasteiger partial charge on any atom is -0.397 e. The summed E-state index contributed by atoms with van der Waals surface area (Å²) in [4.78, 5) is 3.89. The lowest BCUT2D eigenvalue weighted by Crippen LogP contribution is -2.20. The Balaban J connectivity index is 2.86. The monoisotopic (exact) mass is 152 g/mol. The molecule has 60 valence electrons. The highest BCUT2D eigenvalue weighted by Gasteiger charge is 2.02. The van der Waals surface area contributed by atoms with Gasteiger partial charge in [-0.3, -0.25) is 4.98 Å². The predicted molar refractivity (Wildman–Crippen MR) is 44.6 cm³/mol. The zero-order valence-electron chi connectivity index (χ0n) is 6.20. The Hall–Kier alpha value is -1.13. The first-order valence-electron chi connectivity index (χ1n) is 3.40. The third-order valence-corrected chi connectivity index (χ3v) is 1.46. The molecule has 0 saturated carbocycles. The lowest BCUT2D eigenvalue weighted by molar-refractivity contribution is 0.733. The fourth-order valence-corrected chi connectivity index (χ4v) is 0.815. The Kier molecular flexibility index (Phi) is 2.40. The molecule has 1 atom stereocenters. The molecule has 0 aromatic carbocycles. The van der Waals surface area contributed by atoms with Crippen LogP contribution in [0.5, 0.6) is 0 Å². The number of hydrogen-bond donors (Lipinski definition) is 3. The summed E-state index contributed by atoms with van der Waals surface area (Å²) in [5.74, 6) is 0. The van der Waals surface area contributed by atoms with Crippen molar-refractivity contribution in [3.8, 4) is 0 Å². The normalized spacial score (nSPS) is 12.9. The number of rotatable bonds is 2. The molecular formula is C7H12N4. The second-order valence-corrected chi connectivity index (χ2v) is 2.39. The largest absolute Gasteiger partial charge is 0.397 e. The zero-order chi connectivity index (χ0) is 8.27. The highest BCUT2D eigenvalue weighted by molar-refractivity contribution is 5.38. The van der Waals surface area contributed by atoms with Gasteiger partial charge in [0, 0.05) is 25.0 Å². The Labute approximate surface area is 65.4 Å². The van der Waals surface area contributed by atoms with E-state index in [0.29, 0.717) is 12.2 Å². The van der Waals surface area contributed by atoms with Crippen LogP contribution in [0, 0.1) is 0 Å². The molecule has 4 heteroatoms. The SMILES string of the molecule is NC[C@@H](N)c1cncc(N)c1. The summed E-state index contributed by atoms with van der Waals surface area (Å²) in [6.45, 7) is 0.408. The van der Waals surface area contributed by atoms with Crippen LogP contribution >= 0.6 is 0 Å². The lowest BCUT2D eigenvalue weighted by Gasteiger charge is -2.07.